The van der Waals surface area contributed by atoms with Crippen LogP contribution in [0.2, 0.25) is 5.02 Å². The van der Waals surface area contributed by atoms with Crippen LogP contribution >= 0.6 is 11.6 Å². The normalized spacial score (nSPS) is 10.8. The molecule has 0 unspecified atom stereocenters. The van der Waals surface area contributed by atoms with Crippen molar-refractivity contribution in [3.05, 3.63) is 70.9 Å². The van der Waals surface area contributed by atoms with Crippen molar-refractivity contribution < 1.29 is 4.79 Å². The van der Waals surface area contributed by atoms with Gasteiger partial charge < -0.3 is 9.36 Å². The first-order valence-electron chi connectivity index (χ1n) is 6.53. The van der Waals surface area contributed by atoms with Crippen molar-refractivity contribution in [1.82, 2.24) is 4.57 Å². The highest BCUT2D eigenvalue weighted by atomic mass is 35.5. The number of carbonyl (C=O) groups excluding carboxylic acids is 1. The fraction of sp³-hybridized carbons (Fsp3) is 0.118. The van der Waals surface area contributed by atoms with E-state index in [1.54, 1.807) is 0 Å². The summed E-state index contributed by atoms with van der Waals surface area (Å²) in [7, 11) is 0. The molecular weight excluding hydrogens is 270 g/mol. The smallest absolute Gasteiger partial charge is 0.124 e. The Morgan fingerprint density at radius 3 is 2.55 bits per heavy atom. The summed E-state index contributed by atoms with van der Waals surface area (Å²) in [6.45, 7) is 0.774. The molecule has 0 amide bonds. The Bertz CT molecular complexity index is 743. The molecule has 3 rings (SSSR count). The number of hydrogen-bond acceptors (Lipinski definition) is 1. The molecule has 2 aromatic carbocycles. The van der Waals surface area contributed by atoms with Crippen LogP contribution in [0.3, 0.4) is 0 Å². The molecule has 2 nitrogen and oxygen atoms in total. The molecule has 0 bridgehead atoms. The number of hydrogen-bond donors (Lipinski definition) is 0. The Morgan fingerprint density at radius 1 is 1.05 bits per heavy atom. The molecule has 3 heteroatoms. The van der Waals surface area contributed by atoms with E-state index >= 15 is 0 Å². The molecule has 0 saturated heterocycles. The summed E-state index contributed by atoms with van der Waals surface area (Å²) >= 11 is 5.91. The second-order valence-electron chi connectivity index (χ2n) is 4.80. The molecule has 3 aromatic rings. The van der Waals surface area contributed by atoms with Crippen LogP contribution in [0.5, 0.6) is 0 Å². The maximum atomic E-state index is 10.8. The van der Waals surface area contributed by atoms with Gasteiger partial charge in [-0.05, 0) is 29.3 Å². The standard InChI is InChI=1S/C17H14ClNO/c18-15-7-5-13(6-8-15)11-19-12-14(9-10-20)16-3-1-2-4-17(16)19/h1-8,10,12H,9,11H2. The molecule has 0 N–H and O–H groups in total. The average molecular weight is 284 g/mol. The number of nitrogens with zero attached hydrogens (tertiary/aromatic N) is 1. The molecule has 0 radical (unpaired) electrons. The summed E-state index contributed by atoms with van der Waals surface area (Å²) in [5, 5.41) is 1.89. The Hall–Kier alpha value is -2.06. The lowest BCUT2D eigenvalue weighted by atomic mass is 10.1. The molecule has 0 aliphatic carbocycles. The average Bonchev–Trinajstić information content (AvgIpc) is 2.81. The van der Waals surface area contributed by atoms with Crippen molar-refractivity contribution in [1.29, 1.82) is 0 Å². The number of halogens is 1. The second-order valence-corrected chi connectivity index (χ2v) is 5.23. The van der Waals surface area contributed by atoms with E-state index in [2.05, 4.69) is 22.9 Å². The Kier molecular flexibility index (Phi) is 3.57. The van der Waals surface area contributed by atoms with Gasteiger partial charge in [-0.2, -0.15) is 0 Å². The minimum absolute atomic E-state index is 0.453. The van der Waals surface area contributed by atoms with E-state index in [4.69, 9.17) is 11.6 Å². The van der Waals surface area contributed by atoms with Gasteiger partial charge in [0.2, 0.25) is 0 Å². The van der Waals surface area contributed by atoms with Gasteiger partial charge >= 0.3 is 0 Å². The van der Waals surface area contributed by atoms with E-state index < -0.39 is 0 Å². The van der Waals surface area contributed by atoms with Gasteiger partial charge in [0.1, 0.15) is 6.29 Å². The highest BCUT2D eigenvalue weighted by Crippen LogP contribution is 2.22. The number of aldehydes is 1. The number of aromatic nitrogens is 1. The summed E-state index contributed by atoms with van der Waals surface area (Å²) in [4.78, 5) is 10.8. The van der Waals surface area contributed by atoms with E-state index in [0.29, 0.717) is 6.42 Å². The molecule has 0 spiro atoms. The van der Waals surface area contributed by atoms with Crippen molar-refractivity contribution >= 4 is 28.8 Å². The minimum atomic E-state index is 0.453. The number of fused-ring (bicyclic) bond motifs is 1. The molecule has 1 heterocycles. The first kappa shape index (κ1) is 12.9. The van der Waals surface area contributed by atoms with Crippen molar-refractivity contribution in [3.63, 3.8) is 0 Å². The third kappa shape index (κ3) is 2.47. The van der Waals surface area contributed by atoms with Gasteiger partial charge in [-0.25, -0.2) is 0 Å². The van der Waals surface area contributed by atoms with E-state index in [1.165, 1.54) is 5.56 Å². The topological polar surface area (TPSA) is 22.0 Å². The molecule has 0 fully saturated rings. The SMILES string of the molecule is O=CCc1cn(Cc2ccc(Cl)cc2)c2ccccc12. The number of benzene rings is 2. The zero-order chi connectivity index (χ0) is 13.9. The van der Waals surface area contributed by atoms with Gasteiger partial charge in [0.15, 0.2) is 0 Å². The maximum absolute atomic E-state index is 10.8. The predicted molar refractivity (Wildman–Crippen MR) is 82.3 cm³/mol. The van der Waals surface area contributed by atoms with Crippen molar-refractivity contribution in [2.24, 2.45) is 0 Å². The second kappa shape index (κ2) is 5.51. The number of rotatable bonds is 4. The number of para-hydroxylation sites is 1. The summed E-state index contributed by atoms with van der Waals surface area (Å²) in [6.07, 6.45) is 3.47. The van der Waals surface area contributed by atoms with E-state index in [9.17, 15) is 4.79 Å². The molecule has 0 saturated carbocycles. The van der Waals surface area contributed by atoms with Gasteiger partial charge in [-0.3, -0.25) is 0 Å². The van der Waals surface area contributed by atoms with Crippen molar-refractivity contribution in [3.8, 4) is 0 Å². The highest BCUT2D eigenvalue weighted by molar-refractivity contribution is 6.30. The zero-order valence-electron chi connectivity index (χ0n) is 10.9. The lowest BCUT2D eigenvalue weighted by molar-refractivity contribution is -0.107. The number of carbonyl (C=O) groups is 1. The van der Waals surface area contributed by atoms with Crippen molar-refractivity contribution in [2.75, 3.05) is 0 Å². The quantitative estimate of drug-likeness (QED) is 0.661. The van der Waals surface area contributed by atoms with Gasteiger partial charge in [0.05, 0.1) is 0 Å². The summed E-state index contributed by atoms with van der Waals surface area (Å²) in [6, 6.07) is 16.0. The monoisotopic (exact) mass is 283 g/mol. The Morgan fingerprint density at radius 2 is 1.80 bits per heavy atom. The Balaban J connectivity index is 2.02. The van der Waals surface area contributed by atoms with Crippen LogP contribution in [-0.2, 0) is 17.8 Å². The van der Waals surface area contributed by atoms with Gasteiger partial charge in [-0.15, -0.1) is 0 Å². The largest absolute Gasteiger partial charge is 0.343 e. The third-order valence-corrected chi connectivity index (χ3v) is 3.69. The molecule has 0 aliphatic rings. The third-order valence-electron chi connectivity index (χ3n) is 3.44. The van der Waals surface area contributed by atoms with Gasteiger partial charge in [0, 0.05) is 35.1 Å². The van der Waals surface area contributed by atoms with Crippen LogP contribution < -0.4 is 0 Å². The first-order chi connectivity index (χ1) is 9.78. The molecule has 1 aromatic heterocycles. The van der Waals surface area contributed by atoms with Crippen molar-refractivity contribution in [2.45, 2.75) is 13.0 Å². The molecular formula is C17H14ClNO. The fourth-order valence-electron chi connectivity index (χ4n) is 2.49. The van der Waals surface area contributed by atoms with E-state index in [0.717, 1.165) is 34.3 Å². The van der Waals surface area contributed by atoms with Gasteiger partial charge in [0.25, 0.3) is 0 Å². The zero-order valence-corrected chi connectivity index (χ0v) is 11.7. The van der Waals surface area contributed by atoms with Crippen LogP contribution in [0.1, 0.15) is 11.1 Å². The molecule has 0 atom stereocenters. The van der Waals surface area contributed by atoms with E-state index in [-0.39, 0.29) is 0 Å². The summed E-state index contributed by atoms with van der Waals surface area (Å²) in [5.74, 6) is 0. The minimum Gasteiger partial charge on any atom is -0.343 e. The maximum Gasteiger partial charge on any atom is 0.124 e. The predicted octanol–water partition coefficient (Wildman–Crippen LogP) is 4.08. The van der Waals surface area contributed by atoms with Crippen LogP contribution in [0.25, 0.3) is 10.9 Å². The lowest BCUT2D eigenvalue weighted by Crippen LogP contribution is -1.97. The van der Waals surface area contributed by atoms with Gasteiger partial charge in [-0.1, -0.05) is 41.9 Å². The Labute approximate surface area is 122 Å². The lowest BCUT2D eigenvalue weighted by Gasteiger charge is -2.05. The first-order valence-corrected chi connectivity index (χ1v) is 6.90. The van der Waals surface area contributed by atoms with Crippen LogP contribution in [0.4, 0.5) is 0 Å². The molecule has 0 aliphatic heterocycles. The van der Waals surface area contributed by atoms with Crippen LogP contribution in [-0.4, -0.2) is 10.9 Å². The highest BCUT2D eigenvalue weighted by Gasteiger charge is 2.07. The molecule has 20 heavy (non-hydrogen) atoms. The fourth-order valence-corrected chi connectivity index (χ4v) is 2.62. The van der Waals surface area contributed by atoms with Crippen LogP contribution in [0, 0.1) is 0 Å². The summed E-state index contributed by atoms with van der Waals surface area (Å²) in [5.41, 5.74) is 3.41. The molecule has 100 valence electrons. The van der Waals surface area contributed by atoms with E-state index in [1.807, 2.05) is 36.4 Å². The van der Waals surface area contributed by atoms with Crippen LogP contribution in [0.15, 0.2) is 54.7 Å². The summed E-state index contributed by atoms with van der Waals surface area (Å²) < 4.78 is 2.18.